The summed E-state index contributed by atoms with van der Waals surface area (Å²) in [4.78, 5) is 12.5. The van der Waals surface area contributed by atoms with Crippen LogP contribution in [0.5, 0.6) is 0 Å². The van der Waals surface area contributed by atoms with Crippen LogP contribution in [0.25, 0.3) is 11.3 Å². The van der Waals surface area contributed by atoms with Crippen molar-refractivity contribution in [3.8, 4) is 11.3 Å². The third-order valence-corrected chi connectivity index (χ3v) is 2.07. The molecule has 4 heteroatoms. The van der Waals surface area contributed by atoms with Gasteiger partial charge in [-0.05, 0) is 12.1 Å². The van der Waals surface area contributed by atoms with E-state index < -0.39 is 0 Å². The second-order valence-electron chi connectivity index (χ2n) is 3.16. The normalized spacial score (nSPS) is 9.75. The predicted molar refractivity (Wildman–Crippen MR) is 63.9 cm³/mol. The fourth-order valence-electron chi connectivity index (χ4n) is 1.36. The van der Waals surface area contributed by atoms with Crippen LogP contribution in [-0.4, -0.2) is 21.5 Å². The van der Waals surface area contributed by atoms with Crippen LogP contribution in [0, 0.1) is 0 Å². The molecule has 0 aliphatic carbocycles. The number of hydrogen-bond acceptors (Lipinski definition) is 4. The summed E-state index contributed by atoms with van der Waals surface area (Å²) in [5.74, 6) is 0.758. The average Bonchev–Trinajstić information content (AvgIpc) is 2.38. The molecule has 0 spiro atoms. The maximum Gasteiger partial charge on any atom is 0.152 e. The number of pyridine rings is 1. The van der Waals surface area contributed by atoms with E-state index in [2.05, 4.69) is 26.8 Å². The first-order valence-electron chi connectivity index (χ1n) is 4.98. The largest absolute Gasteiger partial charge is 0.365 e. The maximum atomic E-state index is 4.31. The SMILES string of the molecule is C=CCNc1nccnc1-c1ccncc1. The molecule has 0 aromatic carbocycles. The molecule has 2 heterocycles. The molecule has 0 radical (unpaired) electrons. The molecular weight excluding hydrogens is 200 g/mol. The Bertz CT molecular complexity index is 467. The molecular formula is C12H12N4. The van der Waals surface area contributed by atoms with Crippen molar-refractivity contribution in [3.05, 3.63) is 49.6 Å². The molecule has 0 saturated heterocycles. The van der Waals surface area contributed by atoms with Crippen molar-refractivity contribution in [1.29, 1.82) is 0 Å². The molecule has 0 aliphatic rings. The number of hydrogen-bond donors (Lipinski definition) is 1. The Morgan fingerprint density at radius 1 is 1.12 bits per heavy atom. The minimum atomic E-state index is 0.663. The molecule has 80 valence electrons. The molecule has 16 heavy (non-hydrogen) atoms. The Hall–Kier alpha value is -2.23. The first-order chi connectivity index (χ1) is 7.92. The van der Waals surface area contributed by atoms with Gasteiger partial charge in [-0.3, -0.25) is 9.97 Å². The van der Waals surface area contributed by atoms with Gasteiger partial charge in [0.15, 0.2) is 5.82 Å². The molecule has 0 bridgehead atoms. The van der Waals surface area contributed by atoms with Crippen molar-refractivity contribution in [3.63, 3.8) is 0 Å². The summed E-state index contributed by atoms with van der Waals surface area (Å²) < 4.78 is 0. The number of nitrogens with zero attached hydrogens (tertiary/aromatic N) is 3. The molecule has 0 fully saturated rings. The highest BCUT2D eigenvalue weighted by molar-refractivity contribution is 5.70. The topological polar surface area (TPSA) is 50.7 Å². The third kappa shape index (κ3) is 2.23. The Balaban J connectivity index is 2.36. The van der Waals surface area contributed by atoms with Crippen molar-refractivity contribution >= 4 is 5.82 Å². The van der Waals surface area contributed by atoms with Gasteiger partial charge in [0.2, 0.25) is 0 Å². The first kappa shape index (κ1) is 10.3. The molecule has 2 rings (SSSR count). The van der Waals surface area contributed by atoms with Gasteiger partial charge in [-0.25, -0.2) is 4.98 Å². The van der Waals surface area contributed by atoms with Gasteiger partial charge in [-0.2, -0.15) is 0 Å². The zero-order chi connectivity index (χ0) is 11.2. The van der Waals surface area contributed by atoms with Crippen LogP contribution in [0.15, 0.2) is 49.6 Å². The Morgan fingerprint density at radius 2 is 1.88 bits per heavy atom. The van der Waals surface area contributed by atoms with Crippen LogP contribution in [0.3, 0.4) is 0 Å². The van der Waals surface area contributed by atoms with Crippen LogP contribution in [-0.2, 0) is 0 Å². The van der Waals surface area contributed by atoms with Gasteiger partial charge in [0.25, 0.3) is 0 Å². The van der Waals surface area contributed by atoms with E-state index in [0.717, 1.165) is 17.1 Å². The van der Waals surface area contributed by atoms with Crippen LogP contribution < -0.4 is 5.32 Å². The second kappa shape index (κ2) is 5.02. The second-order valence-corrected chi connectivity index (χ2v) is 3.16. The Morgan fingerprint density at radius 3 is 2.62 bits per heavy atom. The quantitative estimate of drug-likeness (QED) is 0.789. The van der Waals surface area contributed by atoms with E-state index in [0.29, 0.717) is 6.54 Å². The van der Waals surface area contributed by atoms with E-state index in [-0.39, 0.29) is 0 Å². The summed E-state index contributed by atoms with van der Waals surface area (Å²) in [6.45, 7) is 4.32. The van der Waals surface area contributed by atoms with E-state index in [1.807, 2.05) is 12.1 Å². The van der Waals surface area contributed by atoms with Gasteiger partial charge in [0, 0.05) is 36.9 Å². The van der Waals surface area contributed by atoms with Gasteiger partial charge in [0.1, 0.15) is 5.69 Å². The summed E-state index contributed by atoms with van der Waals surface area (Å²) in [5, 5.41) is 3.15. The van der Waals surface area contributed by atoms with Crippen LogP contribution in [0.4, 0.5) is 5.82 Å². The summed E-state index contributed by atoms with van der Waals surface area (Å²) in [6, 6.07) is 3.81. The number of rotatable bonds is 4. The number of anilines is 1. The zero-order valence-corrected chi connectivity index (χ0v) is 8.80. The molecule has 2 aromatic heterocycles. The average molecular weight is 212 g/mol. The molecule has 0 aliphatic heterocycles. The van der Waals surface area contributed by atoms with Gasteiger partial charge in [0.05, 0.1) is 0 Å². The molecule has 2 aromatic rings. The fraction of sp³-hybridized carbons (Fsp3) is 0.0833. The summed E-state index contributed by atoms with van der Waals surface area (Å²) in [6.07, 6.45) is 8.60. The highest BCUT2D eigenvalue weighted by Gasteiger charge is 2.05. The minimum Gasteiger partial charge on any atom is -0.365 e. The van der Waals surface area contributed by atoms with Gasteiger partial charge in [-0.15, -0.1) is 6.58 Å². The Labute approximate surface area is 94.1 Å². The van der Waals surface area contributed by atoms with Crippen molar-refractivity contribution in [2.45, 2.75) is 0 Å². The lowest BCUT2D eigenvalue weighted by Crippen LogP contribution is -2.03. The maximum absolute atomic E-state index is 4.31. The lowest BCUT2D eigenvalue weighted by Gasteiger charge is -2.07. The number of nitrogens with one attached hydrogen (secondary N) is 1. The van der Waals surface area contributed by atoms with Crippen molar-refractivity contribution in [2.75, 3.05) is 11.9 Å². The van der Waals surface area contributed by atoms with Crippen LogP contribution >= 0.6 is 0 Å². The van der Waals surface area contributed by atoms with Crippen molar-refractivity contribution in [1.82, 2.24) is 15.0 Å². The van der Waals surface area contributed by atoms with E-state index in [1.54, 1.807) is 30.9 Å². The lowest BCUT2D eigenvalue weighted by molar-refractivity contribution is 1.16. The van der Waals surface area contributed by atoms with Gasteiger partial charge >= 0.3 is 0 Å². The smallest absolute Gasteiger partial charge is 0.152 e. The van der Waals surface area contributed by atoms with Gasteiger partial charge in [-0.1, -0.05) is 6.08 Å². The molecule has 0 saturated carbocycles. The molecule has 0 atom stereocenters. The Kier molecular flexibility index (Phi) is 3.23. The number of aromatic nitrogens is 3. The lowest BCUT2D eigenvalue weighted by atomic mass is 10.2. The van der Waals surface area contributed by atoms with E-state index in [4.69, 9.17) is 0 Å². The highest BCUT2D eigenvalue weighted by Crippen LogP contribution is 2.21. The fourth-order valence-corrected chi connectivity index (χ4v) is 1.36. The molecule has 0 unspecified atom stereocenters. The first-order valence-corrected chi connectivity index (χ1v) is 4.98. The predicted octanol–water partition coefficient (Wildman–Crippen LogP) is 2.14. The summed E-state index contributed by atoms with van der Waals surface area (Å²) >= 11 is 0. The van der Waals surface area contributed by atoms with Crippen LogP contribution in [0.2, 0.25) is 0 Å². The monoisotopic (exact) mass is 212 g/mol. The van der Waals surface area contributed by atoms with E-state index in [1.165, 1.54) is 0 Å². The highest BCUT2D eigenvalue weighted by atomic mass is 15.0. The van der Waals surface area contributed by atoms with E-state index >= 15 is 0 Å². The third-order valence-electron chi connectivity index (χ3n) is 2.07. The van der Waals surface area contributed by atoms with Crippen molar-refractivity contribution in [2.24, 2.45) is 0 Å². The molecule has 4 nitrogen and oxygen atoms in total. The standard InChI is InChI=1S/C12H12N4/c1-2-5-15-12-11(14-8-9-16-12)10-3-6-13-7-4-10/h2-4,6-9H,1,5H2,(H,15,16). The molecule has 1 N–H and O–H groups in total. The summed E-state index contributed by atoms with van der Waals surface area (Å²) in [7, 11) is 0. The van der Waals surface area contributed by atoms with Gasteiger partial charge < -0.3 is 5.32 Å². The van der Waals surface area contributed by atoms with E-state index in [9.17, 15) is 0 Å². The van der Waals surface area contributed by atoms with Crippen molar-refractivity contribution < 1.29 is 0 Å². The molecule has 0 amide bonds. The zero-order valence-electron chi connectivity index (χ0n) is 8.80. The van der Waals surface area contributed by atoms with Crippen LogP contribution in [0.1, 0.15) is 0 Å². The summed E-state index contributed by atoms with van der Waals surface area (Å²) in [5.41, 5.74) is 1.82. The minimum absolute atomic E-state index is 0.663.